The third-order valence-electron chi connectivity index (χ3n) is 3.04. The van der Waals surface area contributed by atoms with Crippen LogP contribution in [0.1, 0.15) is 33.1 Å². The number of rotatable bonds is 4. The number of carbonyl (C=O) groups excluding carboxylic acids is 1. The van der Waals surface area contributed by atoms with Crippen molar-refractivity contribution in [2.24, 2.45) is 5.92 Å². The Morgan fingerprint density at radius 3 is 3.00 bits per heavy atom. The Bertz CT molecular complexity index is 209. The van der Waals surface area contributed by atoms with Crippen LogP contribution in [0.25, 0.3) is 0 Å². The highest BCUT2D eigenvalue weighted by molar-refractivity contribution is 5.82. The zero-order valence-electron chi connectivity index (χ0n) is 9.62. The first-order chi connectivity index (χ1) is 7.15. The summed E-state index contributed by atoms with van der Waals surface area (Å²) in [6.45, 7) is 5.27. The van der Waals surface area contributed by atoms with E-state index in [2.05, 4.69) is 17.6 Å². The molecule has 1 amide bonds. The first-order valence-electron chi connectivity index (χ1n) is 5.84. The standard InChI is InChI=1S/C11H22N2O2/c1-3-9(14)7-13-11(15)10-8(2)5-4-6-12-10/h8-10,12,14H,3-7H2,1-2H3,(H,13,15). The van der Waals surface area contributed by atoms with Gasteiger partial charge >= 0.3 is 0 Å². The van der Waals surface area contributed by atoms with Crippen LogP contribution < -0.4 is 10.6 Å². The van der Waals surface area contributed by atoms with E-state index in [-0.39, 0.29) is 11.9 Å². The van der Waals surface area contributed by atoms with Gasteiger partial charge < -0.3 is 15.7 Å². The Kier molecular flexibility index (Phi) is 5.05. The van der Waals surface area contributed by atoms with Crippen LogP contribution in [0, 0.1) is 5.92 Å². The van der Waals surface area contributed by atoms with Crippen LogP contribution >= 0.6 is 0 Å². The normalized spacial score (nSPS) is 28.5. The number of carbonyl (C=O) groups is 1. The van der Waals surface area contributed by atoms with Crippen molar-refractivity contribution in [1.29, 1.82) is 0 Å². The molecule has 1 saturated heterocycles. The van der Waals surface area contributed by atoms with Gasteiger partial charge in [0.1, 0.15) is 0 Å². The lowest BCUT2D eigenvalue weighted by Gasteiger charge is -2.29. The molecule has 0 aromatic rings. The molecule has 1 aliphatic heterocycles. The first kappa shape index (κ1) is 12.5. The van der Waals surface area contributed by atoms with Crippen molar-refractivity contribution in [3.63, 3.8) is 0 Å². The van der Waals surface area contributed by atoms with Gasteiger partial charge in [-0.25, -0.2) is 0 Å². The van der Waals surface area contributed by atoms with Crippen LogP contribution in [-0.2, 0) is 4.79 Å². The molecule has 3 N–H and O–H groups in total. The average Bonchev–Trinajstić information content (AvgIpc) is 2.26. The van der Waals surface area contributed by atoms with Crippen LogP contribution in [-0.4, -0.2) is 36.2 Å². The first-order valence-corrected chi connectivity index (χ1v) is 5.84. The molecule has 0 saturated carbocycles. The summed E-state index contributed by atoms with van der Waals surface area (Å²) in [6.07, 6.45) is 2.49. The molecule has 1 rings (SSSR count). The van der Waals surface area contributed by atoms with Crippen molar-refractivity contribution in [2.45, 2.75) is 45.3 Å². The molecular formula is C11H22N2O2. The lowest BCUT2D eigenvalue weighted by Crippen LogP contribution is -2.51. The van der Waals surface area contributed by atoms with Gasteiger partial charge in [-0.3, -0.25) is 4.79 Å². The minimum atomic E-state index is -0.423. The monoisotopic (exact) mass is 214 g/mol. The van der Waals surface area contributed by atoms with Crippen LogP contribution in [0.5, 0.6) is 0 Å². The predicted octanol–water partition coefficient (Wildman–Crippen LogP) is 0.262. The summed E-state index contributed by atoms with van der Waals surface area (Å²) in [6, 6.07) is -0.0807. The molecular weight excluding hydrogens is 192 g/mol. The molecule has 0 aromatic carbocycles. The summed E-state index contributed by atoms with van der Waals surface area (Å²) in [5.41, 5.74) is 0. The number of piperidine rings is 1. The zero-order valence-corrected chi connectivity index (χ0v) is 9.62. The zero-order chi connectivity index (χ0) is 11.3. The molecule has 3 unspecified atom stereocenters. The summed E-state index contributed by atoms with van der Waals surface area (Å²) in [4.78, 5) is 11.7. The molecule has 15 heavy (non-hydrogen) atoms. The molecule has 1 fully saturated rings. The van der Waals surface area contributed by atoms with Gasteiger partial charge in [0.2, 0.25) is 5.91 Å². The quantitative estimate of drug-likeness (QED) is 0.629. The molecule has 88 valence electrons. The van der Waals surface area contributed by atoms with Gasteiger partial charge in [0, 0.05) is 6.54 Å². The van der Waals surface area contributed by atoms with Gasteiger partial charge in [0.05, 0.1) is 12.1 Å². The highest BCUT2D eigenvalue weighted by Crippen LogP contribution is 2.15. The largest absolute Gasteiger partial charge is 0.391 e. The van der Waals surface area contributed by atoms with E-state index in [9.17, 15) is 9.90 Å². The van der Waals surface area contributed by atoms with Crippen molar-refractivity contribution >= 4 is 5.91 Å². The lowest BCUT2D eigenvalue weighted by atomic mass is 9.92. The number of nitrogens with one attached hydrogen (secondary N) is 2. The van der Waals surface area contributed by atoms with E-state index < -0.39 is 6.10 Å². The number of hydrogen-bond donors (Lipinski definition) is 3. The van der Waals surface area contributed by atoms with Crippen LogP contribution in [0.15, 0.2) is 0 Å². The van der Waals surface area contributed by atoms with Crippen LogP contribution in [0.3, 0.4) is 0 Å². The molecule has 3 atom stereocenters. The second-order valence-corrected chi connectivity index (χ2v) is 4.36. The number of aliphatic hydroxyl groups is 1. The lowest BCUT2D eigenvalue weighted by molar-refractivity contribution is -0.125. The van der Waals surface area contributed by atoms with Gasteiger partial charge in [-0.1, -0.05) is 13.8 Å². The predicted molar refractivity (Wildman–Crippen MR) is 59.5 cm³/mol. The van der Waals surface area contributed by atoms with E-state index in [1.807, 2.05) is 6.92 Å². The molecule has 1 aliphatic rings. The molecule has 4 nitrogen and oxygen atoms in total. The van der Waals surface area contributed by atoms with Gasteiger partial charge in [-0.15, -0.1) is 0 Å². The van der Waals surface area contributed by atoms with E-state index in [1.165, 1.54) is 0 Å². The van der Waals surface area contributed by atoms with Crippen LogP contribution in [0.4, 0.5) is 0 Å². The Morgan fingerprint density at radius 1 is 1.67 bits per heavy atom. The molecule has 0 aliphatic carbocycles. The summed E-state index contributed by atoms with van der Waals surface area (Å²) < 4.78 is 0. The third-order valence-corrected chi connectivity index (χ3v) is 3.04. The molecule has 0 spiro atoms. The minimum absolute atomic E-state index is 0.0229. The van der Waals surface area contributed by atoms with Crippen LogP contribution in [0.2, 0.25) is 0 Å². The number of hydrogen-bond acceptors (Lipinski definition) is 3. The van der Waals surface area contributed by atoms with Gasteiger partial charge in [-0.2, -0.15) is 0 Å². The fourth-order valence-electron chi connectivity index (χ4n) is 1.87. The maximum Gasteiger partial charge on any atom is 0.237 e. The summed E-state index contributed by atoms with van der Waals surface area (Å²) in [7, 11) is 0. The molecule has 0 radical (unpaired) electrons. The maximum absolute atomic E-state index is 11.7. The van der Waals surface area contributed by atoms with Crippen molar-refractivity contribution < 1.29 is 9.90 Å². The number of amides is 1. The Morgan fingerprint density at radius 2 is 2.40 bits per heavy atom. The SMILES string of the molecule is CCC(O)CNC(=O)C1NCCCC1C. The Labute approximate surface area is 91.4 Å². The Hall–Kier alpha value is -0.610. The van der Waals surface area contributed by atoms with Crippen molar-refractivity contribution in [3.8, 4) is 0 Å². The summed E-state index contributed by atoms with van der Waals surface area (Å²) in [5, 5.41) is 15.3. The smallest absolute Gasteiger partial charge is 0.237 e. The van der Waals surface area contributed by atoms with E-state index in [0.717, 1.165) is 19.4 Å². The van der Waals surface area contributed by atoms with E-state index in [0.29, 0.717) is 18.9 Å². The second-order valence-electron chi connectivity index (χ2n) is 4.36. The van der Waals surface area contributed by atoms with Gasteiger partial charge in [0.15, 0.2) is 0 Å². The Balaban J connectivity index is 2.32. The van der Waals surface area contributed by atoms with E-state index in [1.54, 1.807) is 0 Å². The highest BCUT2D eigenvalue weighted by Gasteiger charge is 2.27. The fourth-order valence-corrected chi connectivity index (χ4v) is 1.87. The second kappa shape index (κ2) is 6.08. The van der Waals surface area contributed by atoms with Gasteiger partial charge in [-0.05, 0) is 31.7 Å². The highest BCUT2D eigenvalue weighted by atomic mass is 16.3. The van der Waals surface area contributed by atoms with Crippen molar-refractivity contribution in [3.05, 3.63) is 0 Å². The molecule has 0 aromatic heterocycles. The topological polar surface area (TPSA) is 61.4 Å². The molecule has 0 bridgehead atoms. The van der Waals surface area contributed by atoms with E-state index >= 15 is 0 Å². The fraction of sp³-hybridized carbons (Fsp3) is 0.909. The van der Waals surface area contributed by atoms with E-state index in [4.69, 9.17) is 0 Å². The average molecular weight is 214 g/mol. The minimum Gasteiger partial charge on any atom is -0.391 e. The van der Waals surface area contributed by atoms with Gasteiger partial charge in [0.25, 0.3) is 0 Å². The van der Waals surface area contributed by atoms with Crippen molar-refractivity contribution in [1.82, 2.24) is 10.6 Å². The number of aliphatic hydroxyl groups excluding tert-OH is 1. The maximum atomic E-state index is 11.7. The summed E-state index contributed by atoms with van der Waals surface area (Å²) >= 11 is 0. The third kappa shape index (κ3) is 3.80. The van der Waals surface area contributed by atoms with Crippen molar-refractivity contribution in [2.75, 3.05) is 13.1 Å². The molecule has 4 heteroatoms. The molecule has 1 heterocycles. The summed E-state index contributed by atoms with van der Waals surface area (Å²) in [5.74, 6) is 0.409.